The van der Waals surface area contributed by atoms with Crippen molar-refractivity contribution in [1.29, 1.82) is 5.26 Å². The summed E-state index contributed by atoms with van der Waals surface area (Å²) in [4.78, 5) is 0. The zero-order valence-electron chi connectivity index (χ0n) is 5.24. The van der Waals surface area contributed by atoms with E-state index < -0.39 is 5.82 Å². The van der Waals surface area contributed by atoms with Gasteiger partial charge in [-0.1, -0.05) is 11.6 Å². The summed E-state index contributed by atoms with van der Waals surface area (Å²) >= 11 is 7.39. The summed E-state index contributed by atoms with van der Waals surface area (Å²) in [6.45, 7) is 0. The first-order valence-corrected chi connectivity index (χ1v) is 4.15. The lowest BCUT2D eigenvalue weighted by atomic mass is 10.2. The van der Waals surface area contributed by atoms with Crippen molar-refractivity contribution in [2.75, 3.05) is 0 Å². The molecule has 0 atom stereocenters. The first-order chi connectivity index (χ1) is 5.15. The minimum Gasteiger partial charge on any atom is -0.205 e. The molecule has 0 aliphatic rings. The molecule has 0 aromatic heterocycles. The van der Waals surface area contributed by atoms with Crippen LogP contribution in [0.2, 0.25) is 5.02 Å². The van der Waals surface area contributed by atoms with Crippen LogP contribution in [0.15, 0.2) is 12.1 Å². The van der Waals surface area contributed by atoms with Crippen molar-refractivity contribution < 1.29 is 4.39 Å². The SMILES string of the molecule is N#Cc1c(F)cc(Cl)cc1I. The molecule has 0 unspecified atom stereocenters. The third kappa shape index (κ3) is 1.82. The van der Waals surface area contributed by atoms with Crippen LogP contribution in [0.1, 0.15) is 5.56 Å². The second-order valence-corrected chi connectivity index (χ2v) is 3.45. The molecule has 56 valence electrons. The van der Waals surface area contributed by atoms with Gasteiger partial charge < -0.3 is 0 Å². The zero-order valence-corrected chi connectivity index (χ0v) is 8.15. The van der Waals surface area contributed by atoms with Gasteiger partial charge in [-0.3, -0.25) is 0 Å². The maximum absolute atomic E-state index is 12.8. The number of hydrogen-bond donors (Lipinski definition) is 0. The number of nitrogens with zero attached hydrogens (tertiary/aromatic N) is 1. The fraction of sp³-hybridized carbons (Fsp3) is 0. The van der Waals surface area contributed by atoms with Gasteiger partial charge >= 0.3 is 0 Å². The summed E-state index contributed by atoms with van der Waals surface area (Å²) in [6, 6.07) is 4.42. The molecule has 0 amide bonds. The second-order valence-electron chi connectivity index (χ2n) is 1.86. The van der Waals surface area contributed by atoms with Gasteiger partial charge in [0, 0.05) is 8.59 Å². The van der Waals surface area contributed by atoms with Crippen LogP contribution < -0.4 is 0 Å². The Morgan fingerprint density at radius 1 is 1.55 bits per heavy atom. The average molecular weight is 281 g/mol. The van der Waals surface area contributed by atoms with E-state index in [-0.39, 0.29) is 5.56 Å². The molecule has 0 fully saturated rings. The smallest absolute Gasteiger partial charge is 0.143 e. The van der Waals surface area contributed by atoms with E-state index >= 15 is 0 Å². The van der Waals surface area contributed by atoms with Crippen LogP contribution in [0.3, 0.4) is 0 Å². The first-order valence-electron chi connectivity index (χ1n) is 2.70. The molecule has 1 aromatic carbocycles. The molecule has 0 spiro atoms. The number of benzene rings is 1. The molecule has 1 nitrogen and oxygen atoms in total. The Balaban J connectivity index is 3.40. The highest BCUT2D eigenvalue weighted by Gasteiger charge is 2.06. The normalized spacial score (nSPS) is 9.27. The van der Waals surface area contributed by atoms with E-state index in [9.17, 15) is 4.39 Å². The molecule has 0 N–H and O–H groups in total. The van der Waals surface area contributed by atoms with Gasteiger partial charge in [0.05, 0.1) is 0 Å². The Morgan fingerprint density at radius 3 is 2.64 bits per heavy atom. The van der Waals surface area contributed by atoms with Crippen LogP contribution >= 0.6 is 34.2 Å². The maximum atomic E-state index is 12.8. The predicted molar refractivity (Wildman–Crippen MR) is 48.8 cm³/mol. The summed E-state index contributed by atoms with van der Waals surface area (Å²) in [6.07, 6.45) is 0. The molecule has 11 heavy (non-hydrogen) atoms. The molecule has 1 rings (SSSR count). The van der Waals surface area contributed by atoms with Gasteiger partial charge in [-0.05, 0) is 34.7 Å². The van der Waals surface area contributed by atoms with Gasteiger partial charge in [0.1, 0.15) is 17.4 Å². The summed E-state index contributed by atoms with van der Waals surface area (Å²) < 4.78 is 13.3. The van der Waals surface area contributed by atoms with E-state index in [2.05, 4.69) is 0 Å². The van der Waals surface area contributed by atoms with E-state index in [0.717, 1.165) is 6.07 Å². The second kappa shape index (κ2) is 3.37. The van der Waals surface area contributed by atoms with Crippen LogP contribution in [0.25, 0.3) is 0 Å². The highest BCUT2D eigenvalue weighted by molar-refractivity contribution is 14.1. The minimum atomic E-state index is -0.565. The number of rotatable bonds is 0. The molecule has 0 radical (unpaired) electrons. The largest absolute Gasteiger partial charge is 0.205 e. The molecular weight excluding hydrogens is 279 g/mol. The number of nitriles is 1. The third-order valence-corrected chi connectivity index (χ3v) is 2.19. The average Bonchev–Trinajstić information content (AvgIpc) is 1.85. The molecular formula is C7H2ClFIN. The Bertz CT molecular complexity index is 309. The highest BCUT2D eigenvalue weighted by Crippen LogP contribution is 2.20. The molecule has 0 aliphatic heterocycles. The first kappa shape index (κ1) is 8.75. The summed E-state index contributed by atoms with van der Waals surface area (Å²) in [5.74, 6) is -0.565. The van der Waals surface area contributed by atoms with E-state index in [0.29, 0.717) is 8.59 Å². The Kier molecular flexibility index (Phi) is 2.68. The van der Waals surface area contributed by atoms with Crippen molar-refractivity contribution in [3.63, 3.8) is 0 Å². The van der Waals surface area contributed by atoms with Crippen molar-refractivity contribution >= 4 is 34.2 Å². The van der Waals surface area contributed by atoms with Crippen molar-refractivity contribution in [2.45, 2.75) is 0 Å². The Morgan fingerprint density at radius 2 is 2.18 bits per heavy atom. The van der Waals surface area contributed by atoms with Crippen molar-refractivity contribution in [1.82, 2.24) is 0 Å². The number of hydrogen-bond acceptors (Lipinski definition) is 1. The fourth-order valence-electron chi connectivity index (χ4n) is 0.649. The molecule has 0 heterocycles. The van der Waals surface area contributed by atoms with Crippen LogP contribution in [-0.2, 0) is 0 Å². The molecule has 0 saturated heterocycles. The minimum absolute atomic E-state index is 0.0509. The summed E-state index contributed by atoms with van der Waals surface area (Å²) in [5, 5.41) is 8.76. The lowest BCUT2D eigenvalue weighted by Crippen LogP contribution is -1.87. The molecule has 0 saturated carbocycles. The van der Waals surface area contributed by atoms with Crippen molar-refractivity contribution in [3.8, 4) is 6.07 Å². The quantitative estimate of drug-likeness (QED) is 0.671. The lowest BCUT2D eigenvalue weighted by molar-refractivity contribution is 0.623. The molecule has 4 heteroatoms. The topological polar surface area (TPSA) is 23.8 Å². The van der Waals surface area contributed by atoms with Crippen LogP contribution in [0.4, 0.5) is 4.39 Å². The monoisotopic (exact) mass is 281 g/mol. The van der Waals surface area contributed by atoms with Crippen molar-refractivity contribution in [2.24, 2.45) is 0 Å². The van der Waals surface area contributed by atoms with E-state index in [1.807, 2.05) is 22.6 Å². The van der Waals surface area contributed by atoms with E-state index in [4.69, 9.17) is 16.9 Å². The van der Waals surface area contributed by atoms with E-state index in [1.165, 1.54) is 0 Å². The standard InChI is InChI=1S/C7H2ClFIN/c8-4-1-6(9)5(3-11)7(10)2-4/h1-2H. The predicted octanol–water partition coefficient (Wildman–Crippen LogP) is 2.96. The van der Waals surface area contributed by atoms with Gasteiger partial charge in [0.15, 0.2) is 0 Å². The van der Waals surface area contributed by atoms with Gasteiger partial charge in [0.25, 0.3) is 0 Å². The molecule has 0 aliphatic carbocycles. The third-order valence-electron chi connectivity index (χ3n) is 1.12. The number of halogens is 3. The Labute approximate surface area is 81.9 Å². The highest BCUT2D eigenvalue weighted by atomic mass is 127. The van der Waals surface area contributed by atoms with Gasteiger partial charge in [-0.25, -0.2) is 4.39 Å². The van der Waals surface area contributed by atoms with Crippen molar-refractivity contribution in [3.05, 3.63) is 32.1 Å². The van der Waals surface area contributed by atoms with E-state index in [1.54, 1.807) is 12.1 Å². The van der Waals surface area contributed by atoms with Gasteiger partial charge in [0.2, 0.25) is 0 Å². The lowest BCUT2D eigenvalue weighted by Gasteiger charge is -1.96. The summed E-state index contributed by atoms with van der Waals surface area (Å²) in [7, 11) is 0. The fourth-order valence-corrected chi connectivity index (χ4v) is 1.75. The van der Waals surface area contributed by atoms with Crippen LogP contribution in [-0.4, -0.2) is 0 Å². The van der Waals surface area contributed by atoms with Gasteiger partial charge in [-0.2, -0.15) is 5.26 Å². The Hall–Kier alpha value is -0.340. The van der Waals surface area contributed by atoms with Gasteiger partial charge in [-0.15, -0.1) is 0 Å². The van der Waals surface area contributed by atoms with Crippen LogP contribution in [0, 0.1) is 20.7 Å². The summed E-state index contributed by atoms with van der Waals surface area (Å²) in [5.41, 5.74) is 0.0509. The van der Waals surface area contributed by atoms with Crippen LogP contribution in [0.5, 0.6) is 0 Å². The molecule has 0 bridgehead atoms. The molecule has 1 aromatic rings. The zero-order chi connectivity index (χ0) is 8.43. The maximum Gasteiger partial charge on any atom is 0.143 e.